The molecule has 2 amide bonds. The Hall–Kier alpha value is -4.61. The van der Waals surface area contributed by atoms with Crippen molar-refractivity contribution in [3.05, 3.63) is 101 Å². The summed E-state index contributed by atoms with van der Waals surface area (Å²) in [7, 11) is 1.60. The van der Waals surface area contributed by atoms with Crippen molar-refractivity contribution in [1.29, 1.82) is 0 Å². The number of hydrogen-bond acceptors (Lipinski definition) is 4. The molecule has 39 heavy (non-hydrogen) atoms. The fourth-order valence-electron chi connectivity index (χ4n) is 4.79. The first-order valence-corrected chi connectivity index (χ1v) is 13.0. The molecule has 1 aliphatic heterocycles. The second-order valence-electron chi connectivity index (χ2n) is 9.84. The number of rotatable bonds is 6. The third-order valence-corrected chi connectivity index (χ3v) is 7.24. The molecule has 0 unspecified atom stereocenters. The molecule has 0 radical (unpaired) electrons. The van der Waals surface area contributed by atoms with Crippen LogP contribution in [0.25, 0.3) is 16.8 Å². The van der Waals surface area contributed by atoms with Crippen LogP contribution in [0.4, 0.5) is 5.69 Å². The van der Waals surface area contributed by atoms with Crippen LogP contribution >= 0.6 is 0 Å². The zero-order valence-corrected chi connectivity index (χ0v) is 22.8. The molecule has 1 saturated heterocycles. The van der Waals surface area contributed by atoms with Crippen LogP contribution in [0.1, 0.15) is 26.5 Å². The number of ether oxygens (including phenoxy) is 1. The van der Waals surface area contributed by atoms with Crippen molar-refractivity contribution in [2.45, 2.75) is 27.3 Å². The smallest absolute Gasteiger partial charge is 0.246 e. The molecule has 3 aromatic rings. The van der Waals surface area contributed by atoms with E-state index in [1.54, 1.807) is 21.6 Å². The number of allylic oxidation sites excluding steroid dienone is 5. The summed E-state index contributed by atoms with van der Waals surface area (Å²) in [5, 5.41) is 4.89. The fourth-order valence-corrected chi connectivity index (χ4v) is 4.79. The van der Waals surface area contributed by atoms with Crippen molar-refractivity contribution in [3.63, 3.8) is 0 Å². The summed E-state index contributed by atoms with van der Waals surface area (Å²) in [5.41, 5.74) is 11.0. The highest BCUT2D eigenvalue weighted by Crippen LogP contribution is 2.30. The van der Waals surface area contributed by atoms with Crippen LogP contribution in [0.3, 0.4) is 0 Å². The molecule has 7 nitrogen and oxygen atoms in total. The van der Waals surface area contributed by atoms with Gasteiger partial charge < -0.3 is 14.5 Å². The predicted octanol–water partition coefficient (Wildman–Crippen LogP) is 5.27. The maximum atomic E-state index is 13.5. The fraction of sp³-hybridized carbons (Fsp3) is 0.250. The third-order valence-electron chi connectivity index (χ3n) is 7.24. The van der Waals surface area contributed by atoms with E-state index in [4.69, 9.17) is 9.84 Å². The zero-order chi connectivity index (χ0) is 27.5. The van der Waals surface area contributed by atoms with E-state index in [2.05, 4.69) is 25.7 Å². The molecule has 7 heteroatoms. The summed E-state index contributed by atoms with van der Waals surface area (Å²) in [6, 6.07) is 19.4. The van der Waals surface area contributed by atoms with E-state index in [1.807, 2.05) is 73.7 Å². The SMILES string of the molecule is COc1cccc(N2CCN(C(=O)Cn3nc(C4=CC(C)=C(C)C=C=C4C)cc3-c3ccccc3)CC2=O)c1. The van der Waals surface area contributed by atoms with Crippen molar-refractivity contribution < 1.29 is 14.3 Å². The van der Waals surface area contributed by atoms with Gasteiger partial charge in [-0.15, -0.1) is 5.73 Å². The standard InChI is InChI=1S/C32H32N4O3/c1-22-13-14-23(2)28(17-24(22)3)29-19-30(25-9-6-5-7-10-25)36(33-29)21-31(37)34-15-16-35(32(38)20-34)26-11-8-12-27(18-26)39-4/h5-13,17-19H,15-16,20-21H2,1-4H3. The Labute approximate surface area is 229 Å². The van der Waals surface area contributed by atoms with Crippen LogP contribution in [-0.4, -0.2) is 53.2 Å². The van der Waals surface area contributed by atoms with Gasteiger partial charge in [-0.05, 0) is 67.8 Å². The Morgan fingerprint density at radius 2 is 1.79 bits per heavy atom. The number of carbonyl (C=O) groups excluding carboxylic acids is 2. The largest absolute Gasteiger partial charge is 0.497 e. The van der Waals surface area contributed by atoms with Gasteiger partial charge in [0, 0.05) is 36.0 Å². The molecule has 1 fully saturated rings. The highest BCUT2D eigenvalue weighted by atomic mass is 16.5. The average Bonchev–Trinajstić information content (AvgIpc) is 3.32. The summed E-state index contributed by atoms with van der Waals surface area (Å²) in [4.78, 5) is 29.8. The lowest BCUT2D eigenvalue weighted by Crippen LogP contribution is -2.53. The van der Waals surface area contributed by atoms with Crippen molar-refractivity contribution in [1.82, 2.24) is 14.7 Å². The number of piperazine rings is 1. The van der Waals surface area contributed by atoms with Crippen LogP contribution in [0.5, 0.6) is 5.75 Å². The summed E-state index contributed by atoms with van der Waals surface area (Å²) in [6.07, 6.45) is 4.12. The molecule has 1 aliphatic carbocycles. The Bertz CT molecular complexity index is 1550. The lowest BCUT2D eigenvalue weighted by atomic mass is 10.0. The van der Waals surface area contributed by atoms with Crippen molar-refractivity contribution >= 4 is 23.1 Å². The molecule has 2 aliphatic rings. The molecule has 0 spiro atoms. The monoisotopic (exact) mass is 520 g/mol. The number of nitrogens with zero attached hydrogens (tertiary/aromatic N) is 4. The maximum Gasteiger partial charge on any atom is 0.246 e. The van der Waals surface area contributed by atoms with Crippen molar-refractivity contribution in [3.8, 4) is 17.0 Å². The molecule has 5 rings (SSSR count). The van der Waals surface area contributed by atoms with E-state index in [-0.39, 0.29) is 24.9 Å². The molecule has 0 saturated carbocycles. The highest BCUT2D eigenvalue weighted by molar-refractivity contribution is 5.98. The predicted molar refractivity (Wildman–Crippen MR) is 153 cm³/mol. The Kier molecular flexibility index (Phi) is 7.35. The van der Waals surface area contributed by atoms with E-state index in [0.717, 1.165) is 44.9 Å². The highest BCUT2D eigenvalue weighted by Gasteiger charge is 2.29. The van der Waals surface area contributed by atoms with Crippen LogP contribution in [0.15, 0.2) is 95.3 Å². The van der Waals surface area contributed by atoms with Gasteiger partial charge >= 0.3 is 0 Å². The molecule has 0 N–H and O–H groups in total. The van der Waals surface area contributed by atoms with Gasteiger partial charge in [-0.2, -0.15) is 5.10 Å². The van der Waals surface area contributed by atoms with Crippen LogP contribution in [0, 0.1) is 0 Å². The summed E-state index contributed by atoms with van der Waals surface area (Å²) < 4.78 is 7.05. The molecular formula is C32H32N4O3. The van der Waals surface area contributed by atoms with Gasteiger partial charge in [-0.25, -0.2) is 0 Å². The number of anilines is 1. The Balaban J connectivity index is 1.40. The summed E-state index contributed by atoms with van der Waals surface area (Å²) in [5.74, 6) is 0.419. The number of carbonyl (C=O) groups is 2. The topological polar surface area (TPSA) is 67.7 Å². The normalized spacial score (nSPS) is 15.7. The Morgan fingerprint density at radius 1 is 1.00 bits per heavy atom. The van der Waals surface area contributed by atoms with Crippen LogP contribution in [-0.2, 0) is 16.1 Å². The van der Waals surface area contributed by atoms with Crippen LogP contribution < -0.4 is 9.64 Å². The number of aromatic nitrogens is 2. The average molecular weight is 521 g/mol. The van der Waals surface area contributed by atoms with E-state index in [9.17, 15) is 9.59 Å². The van der Waals surface area contributed by atoms with Gasteiger partial charge in [-0.3, -0.25) is 14.3 Å². The van der Waals surface area contributed by atoms with E-state index < -0.39 is 0 Å². The summed E-state index contributed by atoms with van der Waals surface area (Å²) in [6.45, 7) is 7.08. The molecule has 0 bridgehead atoms. The number of amides is 2. The zero-order valence-electron chi connectivity index (χ0n) is 22.8. The van der Waals surface area contributed by atoms with E-state index >= 15 is 0 Å². The van der Waals surface area contributed by atoms with E-state index in [0.29, 0.717) is 18.8 Å². The van der Waals surface area contributed by atoms with Gasteiger partial charge in [-0.1, -0.05) is 36.4 Å². The van der Waals surface area contributed by atoms with Gasteiger partial charge in [0.25, 0.3) is 0 Å². The summed E-state index contributed by atoms with van der Waals surface area (Å²) >= 11 is 0. The van der Waals surface area contributed by atoms with Gasteiger partial charge in [0.1, 0.15) is 18.8 Å². The minimum atomic E-state index is -0.144. The van der Waals surface area contributed by atoms with Crippen molar-refractivity contribution in [2.24, 2.45) is 0 Å². The molecule has 0 atom stereocenters. The molecule has 1 aromatic heterocycles. The van der Waals surface area contributed by atoms with Gasteiger partial charge in [0.05, 0.1) is 18.5 Å². The van der Waals surface area contributed by atoms with Gasteiger partial charge in [0.15, 0.2) is 0 Å². The quantitative estimate of drug-likeness (QED) is 0.416. The van der Waals surface area contributed by atoms with E-state index in [1.165, 1.54) is 0 Å². The second kappa shape index (κ2) is 11.0. The maximum absolute atomic E-state index is 13.5. The molecular weight excluding hydrogens is 488 g/mol. The first kappa shape index (κ1) is 26.0. The number of methoxy groups -OCH3 is 1. The first-order valence-electron chi connectivity index (χ1n) is 13.0. The lowest BCUT2D eigenvalue weighted by molar-refractivity contribution is -0.137. The minimum Gasteiger partial charge on any atom is -0.497 e. The first-order chi connectivity index (χ1) is 18.8. The second-order valence-corrected chi connectivity index (χ2v) is 9.84. The van der Waals surface area contributed by atoms with Crippen LogP contribution in [0.2, 0.25) is 0 Å². The minimum absolute atomic E-state index is 0.0197. The molecule has 2 aromatic carbocycles. The van der Waals surface area contributed by atoms with Crippen molar-refractivity contribution in [2.75, 3.05) is 31.6 Å². The lowest BCUT2D eigenvalue weighted by Gasteiger charge is -2.34. The Morgan fingerprint density at radius 3 is 2.54 bits per heavy atom. The number of hydrogen-bond donors (Lipinski definition) is 0. The molecule has 198 valence electrons. The van der Waals surface area contributed by atoms with Gasteiger partial charge in [0.2, 0.25) is 11.8 Å². The number of benzene rings is 2. The molecule has 2 heterocycles. The third kappa shape index (κ3) is 5.49.